The van der Waals surface area contributed by atoms with E-state index >= 15 is 0 Å². The number of aromatic nitrogens is 4. The second kappa shape index (κ2) is 8.06. The van der Waals surface area contributed by atoms with Crippen LogP contribution in [0.5, 0.6) is 0 Å². The Hall–Kier alpha value is -2.45. The molecular formula is C18H18ClN5O2S. The smallest absolute Gasteiger partial charge is 0.265 e. The van der Waals surface area contributed by atoms with Crippen molar-refractivity contribution in [2.45, 2.75) is 32.0 Å². The topological polar surface area (TPSA) is 89.8 Å². The summed E-state index contributed by atoms with van der Waals surface area (Å²) in [5.41, 5.74) is 1.43. The summed E-state index contributed by atoms with van der Waals surface area (Å²) in [5.74, 6) is 0.477. The van der Waals surface area contributed by atoms with E-state index in [0.29, 0.717) is 21.5 Å². The van der Waals surface area contributed by atoms with Crippen LogP contribution in [0.25, 0.3) is 11.0 Å². The lowest BCUT2D eigenvalue weighted by atomic mass is 10.2. The van der Waals surface area contributed by atoms with E-state index in [2.05, 4.69) is 20.3 Å². The molecule has 1 unspecified atom stereocenters. The average Bonchev–Trinajstić information content (AvgIpc) is 2.64. The summed E-state index contributed by atoms with van der Waals surface area (Å²) in [6, 6.07) is 4.47. The highest BCUT2D eigenvalue weighted by atomic mass is 35.5. The van der Waals surface area contributed by atoms with Crippen molar-refractivity contribution in [1.82, 2.24) is 19.5 Å². The molecule has 0 radical (unpaired) electrons. The van der Waals surface area contributed by atoms with E-state index in [1.807, 2.05) is 19.9 Å². The number of halogens is 1. The number of hydrogen-bond acceptors (Lipinski definition) is 6. The van der Waals surface area contributed by atoms with Gasteiger partial charge in [-0.05, 0) is 37.3 Å². The van der Waals surface area contributed by atoms with E-state index in [-0.39, 0.29) is 16.9 Å². The fourth-order valence-corrected chi connectivity index (χ4v) is 3.19. The Kier molecular flexibility index (Phi) is 5.76. The van der Waals surface area contributed by atoms with E-state index in [1.54, 1.807) is 19.1 Å². The normalized spacial score (nSPS) is 12.1. The van der Waals surface area contributed by atoms with E-state index in [0.717, 1.165) is 11.3 Å². The number of rotatable bonds is 5. The molecular weight excluding hydrogens is 386 g/mol. The minimum absolute atomic E-state index is 0.275. The number of aryl methyl sites for hydroxylation is 1. The maximum atomic E-state index is 12.8. The van der Waals surface area contributed by atoms with Crippen LogP contribution < -0.4 is 10.9 Å². The molecule has 0 bridgehead atoms. The van der Waals surface area contributed by atoms with Crippen molar-refractivity contribution < 1.29 is 4.79 Å². The average molecular weight is 404 g/mol. The number of nitrogens with one attached hydrogen (secondary N) is 1. The van der Waals surface area contributed by atoms with Crippen LogP contribution in [-0.2, 0) is 4.79 Å². The maximum absolute atomic E-state index is 12.8. The Bertz CT molecular complexity index is 1070. The molecule has 0 aliphatic heterocycles. The minimum Gasteiger partial charge on any atom is -0.324 e. The van der Waals surface area contributed by atoms with E-state index in [1.165, 1.54) is 28.9 Å². The van der Waals surface area contributed by atoms with Crippen LogP contribution >= 0.6 is 23.4 Å². The Morgan fingerprint density at radius 1 is 1.37 bits per heavy atom. The van der Waals surface area contributed by atoms with Crippen molar-refractivity contribution in [2.24, 2.45) is 0 Å². The molecule has 0 saturated heterocycles. The summed E-state index contributed by atoms with van der Waals surface area (Å²) < 4.78 is 1.27. The van der Waals surface area contributed by atoms with Crippen LogP contribution in [0, 0.1) is 6.92 Å². The maximum Gasteiger partial charge on any atom is 0.265 e. The Morgan fingerprint density at radius 3 is 2.89 bits per heavy atom. The third kappa shape index (κ3) is 4.12. The summed E-state index contributed by atoms with van der Waals surface area (Å²) in [6.45, 7) is 5.49. The molecule has 27 heavy (non-hydrogen) atoms. The molecule has 0 saturated carbocycles. The second-order valence-corrected chi connectivity index (χ2v) is 7.57. The van der Waals surface area contributed by atoms with Gasteiger partial charge in [-0.3, -0.25) is 14.2 Å². The van der Waals surface area contributed by atoms with Gasteiger partial charge in [0.1, 0.15) is 17.8 Å². The van der Waals surface area contributed by atoms with Gasteiger partial charge in [-0.2, -0.15) is 0 Å². The highest BCUT2D eigenvalue weighted by Gasteiger charge is 2.19. The number of benzene rings is 1. The summed E-state index contributed by atoms with van der Waals surface area (Å²) in [5, 5.41) is 4.17. The molecule has 0 spiro atoms. The number of thioether (sulfide) groups is 1. The third-order valence-electron chi connectivity index (χ3n) is 4.04. The van der Waals surface area contributed by atoms with Crippen LogP contribution in [0.3, 0.4) is 0 Å². The van der Waals surface area contributed by atoms with Crippen LogP contribution in [0.15, 0.2) is 40.7 Å². The van der Waals surface area contributed by atoms with Gasteiger partial charge in [0.15, 0.2) is 10.8 Å². The summed E-state index contributed by atoms with van der Waals surface area (Å²) in [6.07, 6.45) is 2.80. The van der Waals surface area contributed by atoms with E-state index < -0.39 is 6.04 Å². The molecule has 9 heteroatoms. The lowest BCUT2D eigenvalue weighted by Gasteiger charge is -2.16. The van der Waals surface area contributed by atoms with Crippen molar-refractivity contribution in [3.8, 4) is 0 Å². The van der Waals surface area contributed by atoms with Crippen molar-refractivity contribution in [1.29, 1.82) is 0 Å². The van der Waals surface area contributed by atoms with Crippen molar-refractivity contribution in [3.63, 3.8) is 0 Å². The molecule has 0 aliphatic rings. The predicted octanol–water partition coefficient (Wildman–Crippen LogP) is 3.46. The summed E-state index contributed by atoms with van der Waals surface area (Å²) in [4.78, 5) is 38.1. The van der Waals surface area contributed by atoms with Crippen molar-refractivity contribution in [3.05, 3.63) is 51.7 Å². The first-order valence-corrected chi connectivity index (χ1v) is 9.70. The fourth-order valence-electron chi connectivity index (χ4n) is 2.48. The van der Waals surface area contributed by atoms with Gasteiger partial charge in [-0.1, -0.05) is 36.4 Å². The molecule has 3 rings (SSSR count). The predicted molar refractivity (Wildman–Crippen MR) is 108 cm³/mol. The molecule has 3 aromatic rings. The molecule has 1 N–H and O–H groups in total. The Balaban J connectivity index is 1.90. The first kappa shape index (κ1) is 19.3. The quantitative estimate of drug-likeness (QED) is 0.518. The van der Waals surface area contributed by atoms with Gasteiger partial charge in [0.2, 0.25) is 5.91 Å². The molecule has 140 valence electrons. The van der Waals surface area contributed by atoms with Crippen LogP contribution in [0.2, 0.25) is 5.02 Å². The molecule has 0 fully saturated rings. The number of hydrogen-bond donors (Lipinski definition) is 1. The van der Waals surface area contributed by atoms with Gasteiger partial charge in [0, 0.05) is 16.9 Å². The lowest BCUT2D eigenvalue weighted by Crippen LogP contribution is -2.32. The number of nitrogens with zero attached hydrogens (tertiary/aromatic N) is 4. The Morgan fingerprint density at radius 2 is 2.15 bits per heavy atom. The van der Waals surface area contributed by atoms with Gasteiger partial charge < -0.3 is 5.32 Å². The van der Waals surface area contributed by atoms with Gasteiger partial charge in [0.25, 0.3) is 5.56 Å². The molecule has 2 aromatic heterocycles. The third-order valence-corrected chi connectivity index (χ3v) is 5.02. The number of carbonyl (C=O) groups is 1. The molecule has 2 heterocycles. The summed E-state index contributed by atoms with van der Waals surface area (Å²) >= 11 is 7.46. The van der Waals surface area contributed by atoms with Gasteiger partial charge in [-0.15, -0.1) is 0 Å². The van der Waals surface area contributed by atoms with E-state index in [4.69, 9.17) is 11.6 Å². The fraction of sp³-hybridized carbons (Fsp3) is 0.278. The Labute approximate surface area is 165 Å². The number of fused-ring (bicyclic) bond motifs is 1. The van der Waals surface area contributed by atoms with Crippen molar-refractivity contribution >= 4 is 46.0 Å². The van der Waals surface area contributed by atoms with Crippen LogP contribution in [0.4, 0.5) is 5.69 Å². The molecule has 7 nitrogen and oxygen atoms in total. The molecule has 1 aromatic carbocycles. The van der Waals surface area contributed by atoms with E-state index in [9.17, 15) is 9.59 Å². The van der Waals surface area contributed by atoms with Gasteiger partial charge in [-0.25, -0.2) is 15.0 Å². The largest absolute Gasteiger partial charge is 0.324 e. The zero-order chi connectivity index (χ0) is 19.6. The summed E-state index contributed by atoms with van der Waals surface area (Å²) in [7, 11) is 0. The monoisotopic (exact) mass is 403 g/mol. The first-order valence-electron chi connectivity index (χ1n) is 8.34. The van der Waals surface area contributed by atoms with Gasteiger partial charge >= 0.3 is 0 Å². The highest BCUT2D eigenvalue weighted by molar-refractivity contribution is 7.99. The van der Waals surface area contributed by atoms with Gasteiger partial charge in [0.05, 0.1) is 0 Å². The molecule has 1 amide bonds. The minimum atomic E-state index is -0.766. The highest BCUT2D eigenvalue weighted by Crippen LogP contribution is 2.21. The first-order chi connectivity index (χ1) is 12.9. The SMILES string of the molecule is CCSc1ncc2c(=O)n(C(C)C(=O)Nc3cc(Cl)ccc3C)cnc2n1. The number of anilines is 1. The van der Waals surface area contributed by atoms with Crippen LogP contribution in [-0.4, -0.2) is 31.2 Å². The number of amides is 1. The van der Waals surface area contributed by atoms with Crippen LogP contribution in [0.1, 0.15) is 25.5 Å². The zero-order valence-corrected chi connectivity index (χ0v) is 16.6. The zero-order valence-electron chi connectivity index (χ0n) is 15.1. The van der Waals surface area contributed by atoms with Crippen molar-refractivity contribution in [2.75, 3.05) is 11.1 Å². The molecule has 1 atom stereocenters. The standard InChI is InChI=1S/C18H18ClN5O2S/c1-4-27-18-20-8-13-15(23-18)21-9-24(17(13)26)11(3)16(25)22-14-7-12(19)6-5-10(14)2/h5-9,11H,4H2,1-3H3,(H,22,25). The number of carbonyl (C=O) groups excluding carboxylic acids is 1. The molecule has 0 aliphatic carbocycles. The second-order valence-electron chi connectivity index (χ2n) is 5.90. The lowest BCUT2D eigenvalue weighted by molar-refractivity contribution is -0.118.